The molecule has 0 amide bonds. The molecule has 7 nitrogen and oxygen atoms in total. The Balaban J connectivity index is 0.00000363. The minimum atomic E-state index is -0.222. The van der Waals surface area contributed by atoms with Crippen molar-refractivity contribution in [2.24, 2.45) is 4.99 Å². The summed E-state index contributed by atoms with van der Waals surface area (Å²) in [7, 11) is 1.63. The first-order chi connectivity index (χ1) is 15.2. The van der Waals surface area contributed by atoms with Gasteiger partial charge in [-0.25, -0.2) is 9.38 Å². The molecule has 0 spiro atoms. The summed E-state index contributed by atoms with van der Waals surface area (Å²) in [5.41, 5.74) is 1.44. The zero-order valence-electron chi connectivity index (χ0n) is 18.6. The molecule has 0 saturated carbocycles. The van der Waals surface area contributed by atoms with E-state index in [9.17, 15) is 4.39 Å². The van der Waals surface area contributed by atoms with Gasteiger partial charge >= 0.3 is 0 Å². The van der Waals surface area contributed by atoms with Gasteiger partial charge in [-0.05, 0) is 48.9 Å². The van der Waals surface area contributed by atoms with Crippen molar-refractivity contribution in [1.29, 1.82) is 0 Å². The van der Waals surface area contributed by atoms with Crippen LogP contribution in [0.2, 0.25) is 0 Å². The van der Waals surface area contributed by atoms with E-state index in [2.05, 4.69) is 15.6 Å². The Morgan fingerprint density at radius 3 is 2.47 bits per heavy atom. The summed E-state index contributed by atoms with van der Waals surface area (Å²) in [6, 6.07) is 12.8. The van der Waals surface area contributed by atoms with Crippen molar-refractivity contribution in [3.05, 3.63) is 53.8 Å². The van der Waals surface area contributed by atoms with E-state index < -0.39 is 0 Å². The first-order valence-corrected chi connectivity index (χ1v) is 10.6. The van der Waals surface area contributed by atoms with Crippen molar-refractivity contribution in [1.82, 2.24) is 10.6 Å². The van der Waals surface area contributed by atoms with Crippen molar-refractivity contribution in [2.75, 3.05) is 58.0 Å². The third-order valence-electron chi connectivity index (χ3n) is 4.85. The van der Waals surface area contributed by atoms with Gasteiger partial charge in [0.2, 0.25) is 0 Å². The molecule has 1 heterocycles. The minimum Gasteiger partial charge on any atom is -0.497 e. The van der Waals surface area contributed by atoms with Gasteiger partial charge in [0.15, 0.2) is 5.96 Å². The van der Waals surface area contributed by atoms with Gasteiger partial charge < -0.3 is 29.7 Å². The van der Waals surface area contributed by atoms with Crippen molar-refractivity contribution in [3.8, 4) is 11.5 Å². The summed E-state index contributed by atoms with van der Waals surface area (Å²) in [6.07, 6.45) is 0. The summed E-state index contributed by atoms with van der Waals surface area (Å²) in [5.74, 6) is 2.01. The van der Waals surface area contributed by atoms with Gasteiger partial charge in [0.05, 0.1) is 39.1 Å². The molecule has 0 unspecified atom stereocenters. The molecular formula is C23H32FIN4O3. The number of anilines is 1. The Morgan fingerprint density at radius 1 is 1.09 bits per heavy atom. The van der Waals surface area contributed by atoms with E-state index in [0.717, 1.165) is 23.6 Å². The molecular weight excluding hydrogens is 526 g/mol. The number of methoxy groups -OCH3 is 1. The number of rotatable bonds is 9. The number of aliphatic imine (C=N–C) groups is 1. The Morgan fingerprint density at radius 2 is 1.81 bits per heavy atom. The highest BCUT2D eigenvalue weighted by Gasteiger charge is 2.15. The van der Waals surface area contributed by atoms with Crippen molar-refractivity contribution >= 4 is 35.6 Å². The zero-order valence-corrected chi connectivity index (χ0v) is 20.9. The molecule has 1 saturated heterocycles. The van der Waals surface area contributed by atoms with Crippen LogP contribution in [0.3, 0.4) is 0 Å². The molecule has 2 aromatic carbocycles. The van der Waals surface area contributed by atoms with Gasteiger partial charge in [-0.1, -0.05) is 6.07 Å². The van der Waals surface area contributed by atoms with Gasteiger partial charge in [0, 0.05) is 19.6 Å². The van der Waals surface area contributed by atoms with E-state index in [-0.39, 0.29) is 29.8 Å². The summed E-state index contributed by atoms with van der Waals surface area (Å²) >= 11 is 0. The standard InChI is InChI=1S/C23H31FN4O3.HI/c1-3-25-23(26-10-13-31-20-7-5-19(29-2)6-8-20)27-17-18-4-9-22(21(24)16-18)28-11-14-30-15-12-28;/h4-9,16H,3,10-15,17H2,1-2H3,(H2,25,26,27);1H. The summed E-state index contributed by atoms with van der Waals surface area (Å²) in [6.45, 7) is 6.87. The van der Waals surface area contributed by atoms with E-state index in [0.29, 0.717) is 57.6 Å². The van der Waals surface area contributed by atoms with Gasteiger partial charge in [-0.15, -0.1) is 24.0 Å². The second-order valence-corrected chi connectivity index (χ2v) is 7.03. The third kappa shape index (κ3) is 8.01. The molecule has 1 fully saturated rings. The number of benzene rings is 2. The molecule has 1 aliphatic heterocycles. The van der Waals surface area contributed by atoms with Gasteiger partial charge in [-0.2, -0.15) is 0 Å². The lowest BCUT2D eigenvalue weighted by Crippen LogP contribution is -2.39. The molecule has 0 bridgehead atoms. The zero-order chi connectivity index (χ0) is 21.9. The lowest BCUT2D eigenvalue weighted by molar-refractivity contribution is 0.122. The van der Waals surface area contributed by atoms with Crippen LogP contribution in [0.15, 0.2) is 47.5 Å². The van der Waals surface area contributed by atoms with Crippen LogP contribution in [-0.2, 0) is 11.3 Å². The molecule has 0 atom stereocenters. The highest BCUT2D eigenvalue weighted by atomic mass is 127. The predicted molar refractivity (Wildman–Crippen MR) is 136 cm³/mol. The van der Waals surface area contributed by atoms with Crippen LogP contribution >= 0.6 is 24.0 Å². The lowest BCUT2D eigenvalue weighted by atomic mass is 10.1. The van der Waals surface area contributed by atoms with Crippen LogP contribution in [0.1, 0.15) is 12.5 Å². The van der Waals surface area contributed by atoms with E-state index in [4.69, 9.17) is 14.2 Å². The number of nitrogens with one attached hydrogen (secondary N) is 2. The smallest absolute Gasteiger partial charge is 0.191 e. The summed E-state index contributed by atoms with van der Waals surface area (Å²) in [4.78, 5) is 6.57. The summed E-state index contributed by atoms with van der Waals surface area (Å²) < 4.78 is 30.8. The van der Waals surface area contributed by atoms with E-state index in [1.807, 2.05) is 48.2 Å². The van der Waals surface area contributed by atoms with Crippen molar-refractivity contribution in [2.45, 2.75) is 13.5 Å². The molecule has 0 radical (unpaired) electrons. The number of guanidine groups is 1. The molecule has 32 heavy (non-hydrogen) atoms. The predicted octanol–water partition coefficient (Wildman–Crippen LogP) is 3.42. The Hall–Kier alpha value is -2.27. The van der Waals surface area contributed by atoms with E-state index in [1.54, 1.807) is 13.2 Å². The van der Waals surface area contributed by atoms with Gasteiger partial charge in [0.25, 0.3) is 0 Å². The maximum absolute atomic E-state index is 14.6. The average molecular weight is 558 g/mol. The Labute approximate surface area is 206 Å². The maximum atomic E-state index is 14.6. The normalized spacial score (nSPS) is 13.8. The first-order valence-electron chi connectivity index (χ1n) is 10.6. The van der Waals surface area contributed by atoms with Crippen LogP contribution in [0.5, 0.6) is 11.5 Å². The van der Waals surface area contributed by atoms with Crippen LogP contribution in [0.25, 0.3) is 0 Å². The number of hydrogen-bond donors (Lipinski definition) is 2. The van der Waals surface area contributed by atoms with Crippen LogP contribution in [-0.4, -0.2) is 59.1 Å². The SMILES string of the molecule is CCNC(=NCc1ccc(N2CCOCC2)c(F)c1)NCCOc1ccc(OC)cc1.I. The summed E-state index contributed by atoms with van der Waals surface area (Å²) in [5, 5.41) is 6.43. The van der Waals surface area contributed by atoms with Gasteiger partial charge in [0.1, 0.15) is 23.9 Å². The first kappa shape index (κ1) is 26.0. The third-order valence-corrected chi connectivity index (χ3v) is 4.85. The molecule has 0 aliphatic carbocycles. The quantitative estimate of drug-likeness (QED) is 0.213. The highest BCUT2D eigenvalue weighted by molar-refractivity contribution is 14.0. The number of nitrogens with zero attached hydrogens (tertiary/aromatic N) is 2. The number of halogens is 2. The number of morpholine rings is 1. The second-order valence-electron chi connectivity index (χ2n) is 7.03. The average Bonchev–Trinajstić information content (AvgIpc) is 2.81. The van der Waals surface area contributed by atoms with Crippen LogP contribution < -0.4 is 25.0 Å². The highest BCUT2D eigenvalue weighted by Crippen LogP contribution is 2.22. The largest absolute Gasteiger partial charge is 0.497 e. The molecule has 9 heteroatoms. The van der Waals surface area contributed by atoms with Crippen LogP contribution in [0, 0.1) is 5.82 Å². The molecule has 2 N–H and O–H groups in total. The van der Waals surface area contributed by atoms with Crippen molar-refractivity contribution < 1.29 is 18.6 Å². The fourth-order valence-electron chi connectivity index (χ4n) is 3.23. The van der Waals surface area contributed by atoms with E-state index in [1.165, 1.54) is 0 Å². The number of hydrogen-bond acceptors (Lipinski definition) is 5. The fourth-order valence-corrected chi connectivity index (χ4v) is 3.23. The maximum Gasteiger partial charge on any atom is 0.191 e. The molecule has 1 aliphatic rings. The van der Waals surface area contributed by atoms with E-state index >= 15 is 0 Å². The van der Waals surface area contributed by atoms with Gasteiger partial charge in [-0.3, -0.25) is 0 Å². The Bertz CT molecular complexity index is 846. The lowest BCUT2D eigenvalue weighted by Gasteiger charge is -2.29. The Kier molecular flexibility index (Phi) is 11.4. The molecule has 2 aromatic rings. The molecule has 3 rings (SSSR count). The molecule has 0 aromatic heterocycles. The van der Waals surface area contributed by atoms with Crippen molar-refractivity contribution in [3.63, 3.8) is 0 Å². The minimum absolute atomic E-state index is 0. The molecule has 176 valence electrons. The van der Waals surface area contributed by atoms with Crippen LogP contribution in [0.4, 0.5) is 10.1 Å². The fraction of sp³-hybridized carbons (Fsp3) is 0.435. The monoisotopic (exact) mass is 558 g/mol. The number of ether oxygens (including phenoxy) is 3. The topological polar surface area (TPSA) is 67.4 Å². The second kappa shape index (κ2) is 14.0.